The van der Waals surface area contributed by atoms with Gasteiger partial charge in [-0.3, -0.25) is 4.79 Å². The second kappa shape index (κ2) is 8.61. The molecule has 0 aliphatic carbocycles. The van der Waals surface area contributed by atoms with Crippen molar-refractivity contribution in [2.45, 2.75) is 17.9 Å². The number of halogens is 2. The summed E-state index contributed by atoms with van der Waals surface area (Å²) in [6, 6.07) is 9.58. The highest BCUT2D eigenvalue weighted by Gasteiger charge is 2.29. The van der Waals surface area contributed by atoms with Gasteiger partial charge < -0.3 is 10.2 Å². The number of benzene rings is 2. The van der Waals surface area contributed by atoms with Crippen molar-refractivity contribution >= 4 is 38.6 Å². The highest BCUT2D eigenvalue weighted by Crippen LogP contribution is 2.29. The number of thiophene rings is 1. The van der Waals surface area contributed by atoms with Gasteiger partial charge in [0.15, 0.2) is 11.6 Å². The molecule has 168 valence electrons. The summed E-state index contributed by atoms with van der Waals surface area (Å²) in [6.45, 7) is 0.650. The molecule has 0 saturated heterocycles. The summed E-state index contributed by atoms with van der Waals surface area (Å²) < 4.78 is 56.1. The van der Waals surface area contributed by atoms with Gasteiger partial charge in [0.05, 0.1) is 4.90 Å². The van der Waals surface area contributed by atoms with Crippen molar-refractivity contribution in [3.05, 3.63) is 75.5 Å². The van der Waals surface area contributed by atoms with E-state index in [9.17, 15) is 22.0 Å². The number of carbonyl (C=O) groups excluding carboxylic acids is 1. The van der Waals surface area contributed by atoms with Gasteiger partial charge in [-0.2, -0.15) is 4.31 Å². The minimum absolute atomic E-state index is 0.0100. The molecule has 0 spiro atoms. The van der Waals surface area contributed by atoms with Gasteiger partial charge in [-0.15, -0.1) is 11.3 Å². The van der Waals surface area contributed by atoms with E-state index in [4.69, 9.17) is 0 Å². The first-order chi connectivity index (χ1) is 15.2. The molecule has 0 unspecified atom stereocenters. The fourth-order valence-electron chi connectivity index (χ4n) is 3.64. The summed E-state index contributed by atoms with van der Waals surface area (Å²) in [5, 5.41) is 4.38. The van der Waals surface area contributed by atoms with Crippen molar-refractivity contribution in [1.29, 1.82) is 0 Å². The highest BCUT2D eigenvalue weighted by atomic mass is 32.2. The zero-order valence-corrected chi connectivity index (χ0v) is 19.1. The van der Waals surface area contributed by atoms with E-state index < -0.39 is 27.6 Å². The van der Waals surface area contributed by atoms with Crippen molar-refractivity contribution in [3.63, 3.8) is 0 Å². The molecule has 1 aromatic heterocycles. The molecule has 2 heterocycles. The lowest BCUT2D eigenvalue weighted by Crippen LogP contribution is -2.35. The monoisotopic (exact) mass is 477 g/mol. The lowest BCUT2D eigenvalue weighted by atomic mass is 10.1. The maximum absolute atomic E-state index is 14.2. The minimum Gasteiger partial charge on any atom is -0.373 e. The Kier molecular flexibility index (Phi) is 6.02. The average molecular weight is 478 g/mol. The topological polar surface area (TPSA) is 69.7 Å². The van der Waals surface area contributed by atoms with Gasteiger partial charge in [-0.1, -0.05) is 6.07 Å². The summed E-state index contributed by atoms with van der Waals surface area (Å²) in [6.07, 6.45) is 0.645. The summed E-state index contributed by atoms with van der Waals surface area (Å²) in [7, 11) is -0.793. The predicted octanol–water partition coefficient (Wildman–Crippen LogP) is 4.09. The molecule has 32 heavy (non-hydrogen) atoms. The molecule has 6 nitrogen and oxygen atoms in total. The molecule has 2 aromatic carbocycles. The third kappa shape index (κ3) is 4.25. The summed E-state index contributed by atoms with van der Waals surface area (Å²) in [5.74, 6) is -2.31. The number of amides is 1. The van der Waals surface area contributed by atoms with Crippen molar-refractivity contribution in [2.75, 3.05) is 30.9 Å². The summed E-state index contributed by atoms with van der Waals surface area (Å²) in [4.78, 5) is 15.1. The van der Waals surface area contributed by atoms with Gasteiger partial charge in [0.25, 0.3) is 5.91 Å². The van der Waals surface area contributed by atoms with Crippen molar-refractivity contribution in [1.82, 2.24) is 4.31 Å². The van der Waals surface area contributed by atoms with E-state index in [-0.39, 0.29) is 28.4 Å². The maximum Gasteiger partial charge on any atom is 0.255 e. The van der Waals surface area contributed by atoms with E-state index in [1.165, 1.54) is 52.4 Å². The fraction of sp³-hybridized carbons (Fsp3) is 0.227. The van der Waals surface area contributed by atoms with Crippen LogP contribution in [0.15, 0.2) is 52.7 Å². The number of anilines is 2. The van der Waals surface area contributed by atoms with Crippen LogP contribution in [0.4, 0.5) is 20.2 Å². The number of rotatable bonds is 5. The van der Waals surface area contributed by atoms with Crippen LogP contribution < -0.4 is 10.2 Å². The maximum atomic E-state index is 14.2. The van der Waals surface area contributed by atoms with Crippen LogP contribution in [0.3, 0.4) is 0 Å². The summed E-state index contributed by atoms with van der Waals surface area (Å²) >= 11 is 1.61. The van der Waals surface area contributed by atoms with Crippen LogP contribution in [0.25, 0.3) is 0 Å². The molecule has 0 bridgehead atoms. The van der Waals surface area contributed by atoms with Crippen molar-refractivity contribution in [3.8, 4) is 0 Å². The van der Waals surface area contributed by atoms with Crippen LogP contribution in [-0.2, 0) is 23.0 Å². The molecule has 0 fully saturated rings. The van der Waals surface area contributed by atoms with Gasteiger partial charge in [-0.25, -0.2) is 17.2 Å². The Morgan fingerprint density at radius 3 is 2.53 bits per heavy atom. The molecule has 3 aromatic rings. The SMILES string of the molecule is CN(C)c1c(F)cc(NC(=O)c2cccc(S(=O)(=O)N3CCc4sccc4C3)c2)cc1F. The first-order valence-electron chi connectivity index (χ1n) is 9.80. The van der Waals surface area contributed by atoms with Crippen LogP contribution in [0.1, 0.15) is 20.8 Å². The van der Waals surface area contributed by atoms with Crippen LogP contribution in [0, 0.1) is 11.6 Å². The Morgan fingerprint density at radius 2 is 1.84 bits per heavy atom. The smallest absolute Gasteiger partial charge is 0.255 e. The third-order valence-corrected chi connectivity index (χ3v) is 8.09. The second-order valence-corrected chi connectivity index (χ2v) is 10.6. The van der Waals surface area contributed by atoms with E-state index in [0.29, 0.717) is 13.0 Å². The lowest BCUT2D eigenvalue weighted by molar-refractivity contribution is 0.102. The normalized spacial score (nSPS) is 14.1. The Balaban J connectivity index is 1.56. The first kappa shape index (κ1) is 22.4. The quantitative estimate of drug-likeness (QED) is 0.601. The van der Waals surface area contributed by atoms with Gasteiger partial charge in [0.2, 0.25) is 10.0 Å². The third-order valence-electron chi connectivity index (χ3n) is 5.23. The molecular weight excluding hydrogens is 456 g/mol. The number of nitrogens with zero attached hydrogens (tertiary/aromatic N) is 2. The molecule has 0 atom stereocenters. The molecule has 1 aliphatic heterocycles. The molecule has 1 aliphatic rings. The molecule has 0 radical (unpaired) electrons. The Hall–Kier alpha value is -2.82. The Labute approximate surface area is 189 Å². The Bertz CT molecular complexity index is 1270. The Morgan fingerprint density at radius 1 is 1.12 bits per heavy atom. The van der Waals surface area contributed by atoms with Crippen LogP contribution in [0.2, 0.25) is 0 Å². The van der Waals surface area contributed by atoms with Crippen molar-refractivity contribution < 1.29 is 22.0 Å². The van der Waals surface area contributed by atoms with Gasteiger partial charge in [-0.05, 0) is 53.8 Å². The minimum atomic E-state index is -3.81. The molecule has 10 heteroatoms. The average Bonchev–Trinajstić information content (AvgIpc) is 3.21. The fourth-order valence-corrected chi connectivity index (χ4v) is 6.00. The number of hydrogen-bond acceptors (Lipinski definition) is 5. The second-order valence-electron chi connectivity index (χ2n) is 7.62. The molecule has 0 saturated carbocycles. The first-order valence-corrected chi connectivity index (χ1v) is 12.1. The van der Waals surface area contributed by atoms with E-state index >= 15 is 0 Å². The van der Waals surface area contributed by atoms with Gasteiger partial charge in [0, 0.05) is 43.3 Å². The number of sulfonamides is 1. The van der Waals surface area contributed by atoms with Crippen LogP contribution in [0.5, 0.6) is 0 Å². The van der Waals surface area contributed by atoms with E-state index in [0.717, 1.165) is 17.7 Å². The highest BCUT2D eigenvalue weighted by molar-refractivity contribution is 7.89. The number of carbonyl (C=O) groups is 1. The van der Waals surface area contributed by atoms with Gasteiger partial charge in [0.1, 0.15) is 5.69 Å². The summed E-state index contributed by atoms with van der Waals surface area (Å²) in [5.41, 5.74) is 0.775. The molecule has 4 rings (SSSR count). The van der Waals surface area contributed by atoms with E-state index in [2.05, 4.69) is 5.32 Å². The standard InChI is InChI=1S/C22H21F2N3O3S2/c1-26(2)21-18(23)11-16(12-19(21)24)25-22(28)14-4-3-5-17(10-14)32(29,30)27-8-6-20-15(13-27)7-9-31-20/h3-5,7,9-12H,6,8,13H2,1-2H3,(H,25,28). The number of hydrogen-bond donors (Lipinski definition) is 1. The van der Waals surface area contributed by atoms with Gasteiger partial charge >= 0.3 is 0 Å². The molecule has 1 N–H and O–H groups in total. The molecular formula is C22H21F2N3O3S2. The van der Waals surface area contributed by atoms with E-state index in [1.54, 1.807) is 11.3 Å². The number of fused-ring (bicyclic) bond motifs is 1. The zero-order valence-electron chi connectivity index (χ0n) is 17.4. The predicted molar refractivity (Wildman–Crippen MR) is 121 cm³/mol. The number of nitrogens with one attached hydrogen (secondary N) is 1. The largest absolute Gasteiger partial charge is 0.373 e. The lowest BCUT2D eigenvalue weighted by Gasteiger charge is -2.26. The zero-order chi connectivity index (χ0) is 23.0. The van der Waals surface area contributed by atoms with E-state index in [1.807, 2.05) is 11.4 Å². The van der Waals surface area contributed by atoms with Crippen molar-refractivity contribution in [2.24, 2.45) is 0 Å². The van der Waals surface area contributed by atoms with Crippen LogP contribution >= 0.6 is 11.3 Å². The molecule has 1 amide bonds. The van der Waals surface area contributed by atoms with Crippen LogP contribution in [-0.4, -0.2) is 39.3 Å².